The van der Waals surface area contributed by atoms with Crippen molar-refractivity contribution in [2.24, 2.45) is 0 Å². The standard InChI is InChI=1S/C21H25N5O2/c1-15-14-16(2)26(25-15)13-5-12-23-21(27)19-6-4-11-22-20(19)24-17-7-9-18(28-3)10-8-17/h4,6-11,14H,5,12-13H2,1-3H3,(H,22,24)(H,23,27). The SMILES string of the molecule is COc1ccc(Nc2ncccc2C(=O)NCCCn2nc(C)cc2C)cc1. The molecule has 28 heavy (non-hydrogen) atoms. The number of aromatic nitrogens is 3. The first kappa shape index (κ1) is 19.4. The van der Waals surface area contributed by atoms with Crippen molar-refractivity contribution in [1.82, 2.24) is 20.1 Å². The van der Waals surface area contributed by atoms with E-state index >= 15 is 0 Å². The van der Waals surface area contributed by atoms with E-state index in [0.29, 0.717) is 17.9 Å². The third kappa shape index (κ3) is 4.88. The van der Waals surface area contributed by atoms with Crippen LogP contribution < -0.4 is 15.4 Å². The Balaban J connectivity index is 1.58. The summed E-state index contributed by atoms with van der Waals surface area (Å²) in [5.74, 6) is 1.13. The molecule has 0 fully saturated rings. The highest BCUT2D eigenvalue weighted by atomic mass is 16.5. The maximum atomic E-state index is 12.6. The van der Waals surface area contributed by atoms with Gasteiger partial charge in [-0.25, -0.2) is 4.98 Å². The zero-order chi connectivity index (χ0) is 19.9. The van der Waals surface area contributed by atoms with Gasteiger partial charge >= 0.3 is 0 Å². The van der Waals surface area contributed by atoms with E-state index in [1.807, 2.05) is 48.9 Å². The smallest absolute Gasteiger partial charge is 0.255 e. The van der Waals surface area contributed by atoms with Crippen LogP contribution in [0.1, 0.15) is 28.2 Å². The number of carbonyl (C=O) groups is 1. The molecule has 3 rings (SSSR count). The van der Waals surface area contributed by atoms with Gasteiger partial charge in [0.15, 0.2) is 0 Å². The number of benzene rings is 1. The van der Waals surface area contributed by atoms with Gasteiger partial charge in [0, 0.05) is 30.7 Å². The first-order valence-electron chi connectivity index (χ1n) is 9.22. The Kier molecular flexibility index (Phi) is 6.26. The van der Waals surface area contributed by atoms with E-state index in [-0.39, 0.29) is 5.91 Å². The fourth-order valence-electron chi connectivity index (χ4n) is 2.93. The lowest BCUT2D eigenvalue weighted by molar-refractivity contribution is 0.0953. The zero-order valence-corrected chi connectivity index (χ0v) is 16.4. The Labute approximate surface area is 164 Å². The van der Waals surface area contributed by atoms with Crippen LogP contribution in [0.3, 0.4) is 0 Å². The van der Waals surface area contributed by atoms with Crippen molar-refractivity contribution in [3.05, 3.63) is 65.6 Å². The van der Waals surface area contributed by atoms with E-state index in [1.54, 1.807) is 25.4 Å². The fraction of sp³-hybridized carbons (Fsp3) is 0.286. The van der Waals surface area contributed by atoms with Gasteiger partial charge in [0.2, 0.25) is 0 Å². The van der Waals surface area contributed by atoms with Crippen LogP contribution >= 0.6 is 0 Å². The molecule has 7 nitrogen and oxygen atoms in total. The lowest BCUT2D eigenvalue weighted by atomic mass is 10.2. The Hall–Kier alpha value is -3.35. The van der Waals surface area contributed by atoms with E-state index in [2.05, 4.69) is 20.7 Å². The molecule has 0 aliphatic carbocycles. The third-order valence-corrected chi connectivity index (χ3v) is 4.34. The average molecular weight is 379 g/mol. The maximum absolute atomic E-state index is 12.6. The molecular formula is C21H25N5O2. The van der Waals surface area contributed by atoms with Crippen molar-refractivity contribution in [2.75, 3.05) is 19.0 Å². The van der Waals surface area contributed by atoms with Crippen LogP contribution in [0, 0.1) is 13.8 Å². The second-order valence-corrected chi connectivity index (χ2v) is 6.51. The largest absolute Gasteiger partial charge is 0.497 e. The Bertz CT molecular complexity index is 934. The number of nitrogens with zero attached hydrogens (tertiary/aromatic N) is 3. The first-order valence-corrected chi connectivity index (χ1v) is 9.22. The van der Waals surface area contributed by atoms with Crippen molar-refractivity contribution in [3.8, 4) is 5.75 Å². The molecule has 0 bridgehead atoms. The van der Waals surface area contributed by atoms with Crippen LogP contribution in [0.4, 0.5) is 11.5 Å². The van der Waals surface area contributed by atoms with Crippen molar-refractivity contribution in [2.45, 2.75) is 26.8 Å². The number of pyridine rings is 1. The minimum absolute atomic E-state index is 0.155. The number of rotatable bonds is 8. The molecule has 0 radical (unpaired) electrons. The minimum atomic E-state index is -0.155. The molecular weight excluding hydrogens is 354 g/mol. The summed E-state index contributed by atoms with van der Waals surface area (Å²) < 4.78 is 7.12. The summed E-state index contributed by atoms with van der Waals surface area (Å²) in [6.07, 6.45) is 2.46. The van der Waals surface area contributed by atoms with Gasteiger partial charge in [0.05, 0.1) is 18.4 Å². The van der Waals surface area contributed by atoms with Crippen LogP contribution in [0.5, 0.6) is 5.75 Å². The van der Waals surface area contributed by atoms with E-state index in [4.69, 9.17) is 4.74 Å². The Morgan fingerprint density at radius 1 is 1.18 bits per heavy atom. The summed E-state index contributed by atoms with van der Waals surface area (Å²) in [5, 5.41) is 10.6. The topological polar surface area (TPSA) is 81.1 Å². The van der Waals surface area contributed by atoms with Gasteiger partial charge in [-0.05, 0) is 62.7 Å². The average Bonchev–Trinajstić information content (AvgIpc) is 3.03. The number of ether oxygens (including phenoxy) is 1. The molecule has 0 saturated heterocycles. The van der Waals surface area contributed by atoms with Gasteiger partial charge in [0.25, 0.3) is 5.91 Å². The van der Waals surface area contributed by atoms with E-state index in [9.17, 15) is 4.79 Å². The molecule has 2 heterocycles. The van der Waals surface area contributed by atoms with Gasteiger partial charge in [-0.1, -0.05) is 0 Å². The number of anilines is 2. The lowest BCUT2D eigenvalue weighted by Crippen LogP contribution is -2.26. The summed E-state index contributed by atoms with van der Waals surface area (Å²) in [5.41, 5.74) is 3.47. The highest BCUT2D eigenvalue weighted by molar-refractivity contribution is 5.99. The third-order valence-electron chi connectivity index (χ3n) is 4.34. The van der Waals surface area contributed by atoms with Crippen LogP contribution in [0.25, 0.3) is 0 Å². The molecule has 1 aromatic carbocycles. The summed E-state index contributed by atoms with van der Waals surface area (Å²) in [7, 11) is 1.62. The molecule has 7 heteroatoms. The monoisotopic (exact) mass is 379 g/mol. The number of hydrogen-bond acceptors (Lipinski definition) is 5. The van der Waals surface area contributed by atoms with Gasteiger partial charge in [-0.3, -0.25) is 9.48 Å². The highest BCUT2D eigenvalue weighted by Gasteiger charge is 2.12. The highest BCUT2D eigenvalue weighted by Crippen LogP contribution is 2.21. The molecule has 0 spiro atoms. The molecule has 0 unspecified atom stereocenters. The van der Waals surface area contributed by atoms with E-state index < -0.39 is 0 Å². The first-order chi connectivity index (χ1) is 13.6. The fourth-order valence-corrected chi connectivity index (χ4v) is 2.93. The molecule has 2 aromatic heterocycles. The summed E-state index contributed by atoms with van der Waals surface area (Å²) in [4.78, 5) is 16.9. The molecule has 0 aliphatic heterocycles. The number of nitrogens with one attached hydrogen (secondary N) is 2. The molecule has 0 aliphatic rings. The van der Waals surface area contributed by atoms with Gasteiger partial charge in [0.1, 0.15) is 11.6 Å². The lowest BCUT2D eigenvalue weighted by Gasteiger charge is -2.12. The predicted octanol–water partition coefficient (Wildman–Crippen LogP) is 3.47. The van der Waals surface area contributed by atoms with Gasteiger partial charge < -0.3 is 15.4 Å². The van der Waals surface area contributed by atoms with Crippen molar-refractivity contribution in [1.29, 1.82) is 0 Å². The molecule has 2 N–H and O–H groups in total. The quantitative estimate of drug-likeness (QED) is 0.586. The second-order valence-electron chi connectivity index (χ2n) is 6.51. The molecule has 3 aromatic rings. The summed E-state index contributed by atoms with van der Waals surface area (Å²) >= 11 is 0. The summed E-state index contributed by atoms with van der Waals surface area (Å²) in [6, 6.07) is 13.0. The van der Waals surface area contributed by atoms with Crippen molar-refractivity contribution in [3.63, 3.8) is 0 Å². The Morgan fingerprint density at radius 2 is 1.96 bits per heavy atom. The minimum Gasteiger partial charge on any atom is -0.497 e. The zero-order valence-electron chi connectivity index (χ0n) is 16.4. The second kappa shape index (κ2) is 9.03. The molecule has 0 saturated carbocycles. The van der Waals surface area contributed by atoms with Crippen molar-refractivity contribution < 1.29 is 9.53 Å². The van der Waals surface area contributed by atoms with Crippen LogP contribution in [-0.4, -0.2) is 34.3 Å². The predicted molar refractivity (Wildman–Crippen MR) is 109 cm³/mol. The maximum Gasteiger partial charge on any atom is 0.255 e. The number of carbonyl (C=O) groups excluding carboxylic acids is 1. The Morgan fingerprint density at radius 3 is 2.64 bits per heavy atom. The van der Waals surface area contributed by atoms with Gasteiger partial charge in [-0.15, -0.1) is 0 Å². The molecule has 0 atom stereocenters. The van der Waals surface area contributed by atoms with Crippen LogP contribution in [-0.2, 0) is 6.54 Å². The number of hydrogen-bond donors (Lipinski definition) is 2. The molecule has 146 valence electrons. The van der Waals surface area contributed by atoms with E-state index in [1.165, 1.54) is 0 Å². The summed E-state index contributed by atoms with van der Waals surface area (Å²) in [6.45, 7) is 5.34. The van der Waals surface area contributed by atoms with Crippen LogP contribution in [0.2, 0.25) is 0 Å². The number of methoxy groups -OCH3 is 1. The normalized spacial score (nSPS) is 10.5. The number of amides is 1. The van der Waals surface area contributed by atoms with Crippen molar-refractivity contribution >= 4 is 17.4 Å². The van der Waals surface area contributed by atoms with Gasteiger partial charge in [-0.2, -0.15) is 5.10 Å². The van der Waals surface area contributed by atoms with E-state index in [0.717, 1.165) is 35.8 Å². The molecule has 1 amide bonds. The number of aryl methyl sites for hydroxylation is 3. The van der Waals surface area contributed by atoms with Crippen LogP contribution in [0.15, 0.2) is 48.7 Å².